The van der Waals surface area contributed by atoms with E-state index in [2.05, 4.69) is 68.8 Å². The van der Waals surface area contributed by atoms with Gasteiger partial charge in [0.2, 0.25) is 0 Å². The zero-order valence-corrected chi connectivity index (χ0v) is 24.6. The molecule has 0 amide bonds. The van der Waals surface area contributed by atoms with E-state index in [-0.39, 0.29) is 102 Å². The predicted molar refractivity (Wildman–Crippen MR) is 113 cm³/mol. The van der Waals surface area contributed by atoms with Crippen molar-refractivity contribution in [2.24, 2.45) is 0 Å². The van der Waals surface area contributed by atoms with Crippen molar-refractivity contribution in [1.82, 2.24) is 0 Å². The van der Waals surface area contributed by atoms with E-state index >= 15 is 0 Å². The number of rotatable bonds is 4. The molecule has 0 radical (unpaired) electrons. The Balaban J connectivity index is 1.44. The van der Waals surface area contributed by atoms with Crippen LogP contribution in [-0.4, -0.2) is 102 Å². The third-order valence-electron chi connectivity index (χ3n) is 3.83. The molecule has 5 aromatic heterocycles. The second kappa shape index (κ2) is 8.38. The minimum absolute atomic E-state index is 0.00220. The molecule has 0 nitrogen and oxygen atoms in total. The first-order valence-electron chi connectivity index (χ1n) is 7.75. The molecular formula is C20H12Te5. The zero-order chi connectivity index (χ0) is 16.6. The van der Waals surface area contributed by atoms with Crippen LogP contribution in [-0.2, 0) is 0 Å². The zero-order valence-electron chi connectivity index (χ0n) is 13.0. The molecule has 0 aliphatic carbocycles. The van der Waals surface area contributed by atoms with Crippen LogP contribution in [0.15, 0.2) is 68.8 Å². The molecule has 0 saturated carbocycles. The molecule has 0 aliphatic rings. The Morgan fingerprint density at radius 1 is 0.360 bits per heavy atom. The van der Waals surface area contributed by atoms with Crippen molar-refractivity contribution in [3.63, 3.8) is 0 Å². The molecule has 5 heterocycles. The number of hydrogen-bond acceptors (Lipinski definition) is 0. The molecular weight excluding hydrogens is 878 g/mol. The molecule has 0 fully saturated rings. The summed E-state index contributed by atoms with van der Waals surface area (Å²) in [6.45, 7) is 0. The first-order valence-corrected chi connectivity index (χ1v) is 19.8. The SMILES string of the molecule is c1c[te]c(-c2ccc(-c3ccc(-c4ccc(-c5ccc[te]5)[te]4)[te]3)[te]2)c1. The Kier molecular flexibility index (Phi) is 6.16. The normalized spacial score (nSPS) is 11.2. The molecule has 0 aromatic carbocycles. The summed E-state index contributed by atoms with van der Waals surface area (Å²) in [5.41, 5.74) is 0. The standard InChI is InChI=1S/C20H12Te5/c1-3-13(21-11-1)15-5-7-17(23-15)19-9-10-20(25-19)18-8-6-16(24-18)14-4-2-12-22-14/h1-12H. The molecule has 25 heavy (non-hydrogen) atoms. The second-order valence-corrected chi connectivity index (χ2v) is 20.1. The van der Waals surface area contributed by atoms with Crippen molar-refractivity contribution in [3.8, 4) is 28.6 Å². The van der Waals surface area contributed by atoms with E-state index in [1.165, 1.54) is 0 Å². The maximum absolute atomic E-state index is 2.47. The summed E-state index contributed by atoms with van der Waals surface area (Å²) in [7, 11) is 0. The van der Waals surface area contributed by atoms with Crippen molar-refractivity contribution in [2.75, 3.05) is 0 Å². The van der Waals surface area contributed by atoms with Gasteiger partial charge in [-0.05, 0) is 0 Å². The van der Waals surface area contributed by atoms with Gasteiger partial charge >= 0.3 is 200 Å². The summed E-state index contributed by atoms with van der Waals surface area (Å²) < 4.78 is 18.6. The van der Waals surface area contributed by atoms with Crippen LogP contribution in [0.4, 0.5) is 0 Å². The third-order valence-corrected chi connectivity index (χ3v) is 23.9. The molecule has 0 N–H and O–H groups in total. The molecule has 0 unspecified atom stereocenters. The van der Waals surface area contributed by atoms with Gasteiger partial charge in [-0.25, -0.2) is 0 Å². The van der Waals surface area contributed by atoms with Gasteiger partial charge in [-0.2, -0.15) is 0 Å². The summed E-state index contributed by atoms with van der Waals surface area (Å²) in [4.78, 5) is 0. The Hall–Kier alpha value is 1.35. The van der Waals surface area contributed by atoms with E-state index < -0.39 is 0 Å². The average molecular weight is 890 g/mol. The summed E-state index contributed by atoms with van der Waals surface area (Å²) in [6, 6.07) is 24.0. The van der Waals surface area contributed by atoms with Crippen molar-refractivity contribution in [3.05, 3.63) is 68.8 Å². The second-order valence-electron chi connectivity index (χ2n) is 5.45. The molecule has 5 aromatic rings. The predicted octanol–water partition coefficient (Wildman–Crippen LogP) is 3.64. The summed E-state index contributed by atoms with van der Waals surface area (Å²) in [6.07, 6.45) is 0. The third kappa shape index (κ3) is 4.06. The molecule has 0 saturated heterocycles. The maximum atomic E-state index is 2.47. The van der Waals surface area contributed by atoms with Gasteiger partial charge in [0.25, 0.3) is 0 Å². The van der Waals surface area contributed by atoms with Gasteiger partial charge in [-0.1, -0.05) is 0 Å². The molecule has 122 valence electrons. The molecule has 0 aliphatic heterocycles. The van der Waals surface area contributed by atoms with E-state index in [1.807, 2.05) is 0 Å². The van der Waals surface area contributed by atoms with Gasteiger partial charge in [0.15, 0.2) is 0 Å². The molecule has 0 bridgehead atoms. The van der Waals surface area contributed by atoms with E-state index in [9.17, 15) is 0 Å². The molecule has 0 spiro atoms. The van der Waals surface area contributed by atoms with Gasteiger partial charge in [0, 0.05) is 0 Å². The van der Waals surface area contributed by atoms with Crippen molar-refractivity contribution >= 4 is 102 Å². The Bertz CT molecular complexity index is 1000. The van der Waals surface area contributed by atoms with Gasteiger partial charge in [-0.3, -0.25) is 0 Å². The topological polar surface area (TPSA) is 0 Å². The molecule has 5 heteroatoms. The Morgan fingerprint density at radius 3 is 0.960 bits per heavy atom. The van der Waals surface area contributed by atoms with Gasteiger partial charge < -0.3 is 0 Å². The number of hydrogen-bond donors (Lipinski definition) is 0. The van der Waals surface area contributed by atoms with Gasteiger partial charge in [0.1, 0.15) is 0 Å². The van der Waals surface area contributed by atoms with E-state index in [4.69, 9.17) is 0 Å². The van der Waals surface area contributed by atoms with E-state index in [0.717, 1.165) is 0 Å². The van der Waals surface area contributed by atoms with Crippen LogP contribution in [0, 0.1) is 0 Å². The summed E-state index contributed by atoms with van der Waals surface area (Å²) in [5.74, 6) is 0. The van der Waals surface area contributed by atoms with E-state index in [0.29, 0.717) is 0 Å². The Morgan fingerprint density at radius 2 is 0.680 bits per heavy atom. The van der Waals surface area contributed by atoms with Crippen molar-refractivity contribution < 1.29 is 0 Å². The monoisotopic (exact) mass is 902 g/mol. The first-order chi connectivity index (χ1) is 12.4. The van der Waals surface area contributed by atoms with Crippen LogP contribution in [0.1, 0.15) is 0 Å². The first kappa shape index (κ1) is 18.4. The molecule has 0 atom stereocenters. The minimum atomic E-state index is -0.150. The van der Waals surface area contributed by atoms with Crippen LogP contribution in [0.2, 0.25) is 0 Å². The van der Waals surface area contributed by atoms with Crippen LogP contribution in [0.25, 0.3) is 28.6 Å². The van der Waals surface area contributed by atoms with Crippen LogP contribution >= 0.6 is 0 Å². The summed E-state index contributed by atoms with van der Waals surface area (Å²) in [5, 5.41) is 0. The van der Waals surface area contributed by atoms with Gasteiger partial charge in [-0.15, -0.1) is 0 Å². The Labute approximate surface area is 196 Å². The quantitative estimate of drug-likeness (QED) is 0.242. The van der Waals surface area contributed by atoms with Crippen molar-refractivity contribution in [1.29, 1.82) is 0 Å². The van der Waals surface area contributed by atoms with Gasteiger partial charge in [0.05, 0.1) is 0 Å². The fraction of sp³-hybridized carbons (Fsp3) is 0. The van der Waals surface area contributed by atoms with Crippen LogP contribution < -0.4 is 0 Å². The van der Waals surface area contributed by atoms with Crippen molar-refractivity contribution in [2.45, 2.75) is 0 Å². The molecule has 5 rings (SSSR count). The fourth-order valence-electron chi connectivity index (χ4n) is 2.65. The summed E-state index contributed by atoms with van der Waals surface area (Å²) >= 11 is -0.399. The van der Waals surface area contributed by atoms with E-state index in [1.54, 1.807) is 28.6 Å². The average Bonchev–Trinajstić information content (AvgIpc) is 3.48. The van der Waals surface area contributed by atoms with Crippen LogP contribution in [0.3, 0.4) is 0 Å². The fourth-order valence-corrected chi connectivity index (χ4v) is 20.2. The van der Waals surface area contributed by atoms with Crippen LogP contribution in [0.5, 0.6) is 0 Å².